The maximum absolute atomic E-state index is 12.4. The van der Waals surface area contributed by atoms with Gasteiger partial charge in [-0.3, -0.25) is 0 Å². The van der Waals surface area contributed by atoms with Gasteiger partial charge in [0.05, 0.1) is 0 Å². The highest BCUT2D eigenvalue weighted by Gasteiger charge is 2.23. The first-order chi connectivity index (χ1) is 12.8. The number of aromatic nitrogens is 1. The van der Waals surface area contributed by atoms with Crippen LogP contribution in [0.25, 0.3) is 10.9 Å². The molecule has 0 bridgehead atoms. The van der Waals surface area contributed by atoms with E-state index in [9.17, 15) is 4.79 Å². The number of benzene rings is 2. The Hall–Kier alpha value is -2.75. The Morgan fingerprint density at radius 2 is 1.77 bits per heavy atom. The van der Waals surface area contributed by atoms with Crippen LogP contribution in [0.3, 0.4) is 0 Å². The third kappa shape index (κ3) is 3.59. The van der Waals surface area contributed by atoms with E-state index in [1.165, 1.54) is 16.5 Å². The highest BCUT2D eigenvalue weighted by Crippen LogP contribution is 2.27. The highest BCUT2D eigenvalue weighted by molar-refractivity contribution is 5.83. The summed E-state index contributed by atoms with van der Waals surface area (Å²) in [5.41, 5.74) is 3.80. The summed E-state index contributed by atoms with van der Waals surface area (Å²) in [6, 6.07) is 19.0. The van der Waals surface area contributed by atoms with Crippen LogP contribution < -0.4 is 5.32 Å². The first kappa shape index (κ1) is 16.7. The van der Waals surface area contributed by atoms with Crippen molar-refractivity contribution in [2.75, 3.05) is 19.6 Å². The van der Waals surface area contributed by atoms with Crippen LogP contribution in [-0.2, 0) is 6.42 Å². The van der Waals surface area contributed by atoms with Crippen LogP contribution in [0.5, 0.6) is 0 Å². The number of rotatable bonds is 4. The first-order valence-electron chi connectivity index (χ1n) is 9.44. The van der Waals surface area contributed by atoms with Crippen molar-refractivity contribution in [1.82, 2.24) is 15.2 Å². The van der Waals surface area contributed by atoms with Crippen molar-refractivity contribution in [3.05, 3.63) is 71.9 Å². The van der Waals surface area contributed by atoms with Crippen LogP contribution in [-0.4, -0.2) is 35.5 Å². The van der Waals surface area contributed by atoms with Gasteiger partial charge in [-0.15, -0.1) is 0 Å². The quantitative estimate of drug-likeness (QED) is 0.726. The molecule has 4 rings (SSSR count). The van der Waals surface area contributed by atoms with Crippen molar-refractivity contribution < 1.29 is 4.79 Å². The van der Waals surface area contributed by atoms with Crippen molar-refractivity contribution >= 4 is 16.9 Å². The Labute approximate surface area is 154 Å². The molecular formula is C22H25N3O. The summed E-state index contributed by atoms with van der Waals surface area (Å²) in [6.45, 7) is 2.33. The van der Waals surface area contributed by atoms with Gasteiger partial charge in [0.25, 0.3) is 0 Å². The summed E-state index contributed by atoms with van der Waals surface area (Å²) in [6.07, 6.45) is 4.97. The van der Waals surface area contributed by atoms with E-state index in [0.717, 1.165) is 37.9 Å². The molecule has 1 fully saturated rings. The van der Waals surface area contributed by atoms with Gasteiger partial charge in [-0.25, -0.2) is 4.79 Å². The number of fused-ring (bicyclic) bond motifs is 1. The lowest BCUT2D eigenvalue weighted by Gasteiger charge is -2.32. The summed E-state index contributed by atoms with van der Waals surface area (Å²) >= 11 is 0. The van der Waals surface area contributed by atoms with E-state index in [1.54, 1.807) is 0 Å². The summed E-state index contributed by atoms with van der Waals surface area (Å²) in [4.78, 5) is 17.7. The lowest BCUT2D eigenvalue weighted by molar-refractivity contribution is 0.181. The van der Waals surface area contributed by atoms with Crippen LogP contribution >= 0.6 is 0 Å². The van der Waals surface area contributed by atoms with E-state index < -0.39 is 0 Å². The number of para-hydroxylation sites is 1. The molecule has 2 aromatic carbocycles. The molecule has 0 aliphatic carbocycles. The molecule has 1 aromatic heterocycles. The van der Waals surface area contributed by atoms with E-state index >= 15 is 0 Å². The number of hydrogen-bond acceptors (Lipinski definition) is 1. The van der Waals surface area contributed by atoms with Crippen molar-refractivity contribution in [2.24, 2.45) is 0 Å². The molecular weight excluding hydrogens is 322 g/mol. The molecule has 26 heavy (non-hydrogen) atoms. The fourth-order valence-corrected chi connectivity index (χ4v) is 3.90. The molecule has 0 saturated carbocycles. The molecule has 0 radical (unpaired) electrons. The molecule has 1 saturated heterocycles. The molecule has 0 spiro atoms. The second-order valence-corrected chi connectivity index (χ2v) is 7.01. The minimum Gasteiger partial charge on any atom is -0.361 e. The van der Waals surface area contributed by atoms with Crippen molar-refractivity contribution in [1.29, 1.82) is 0 Å². The molecule has 3 aromatic rings. The highest BCUT2D eigenvalue weighted by atomic mass is 16.2. The van der Waals surface area contributed by atoms with Gasteiger partial charge in [0.15, 0.2) is 0 Å². The number of carbonyl (C=O) groups is 1. The van der Waals surface area contributed by atoms with Crippen molar-refractivity contribution in [3.8, 4) is 0 Å². The number of piperidine rings is 1. The largest absolute Gasteiger partial charge is 0.361 e. The minimum atomic E-state index is 0.0661. The smallest absolute Gasteiger partial charge is 0.317 e. The molecule has 0 atom stereocenters. The number of urea groups is 1. The van der Waals surface area contributed by atoms with E-state index in [2.05, 4.69) is 58.8 Å². The SMILES string of the molecule is O=C(NCCc1c[nH]c2ccccc12)N1CCC(c2ccccc2)CC1. The standard InChI is InChI=1S/C22H25N3O/c26-22(23-13-10-19-16-24-21-9-5-4-8-20(19)21)25-14-11-18(12-15-25)17-6-2-1-3-7-17/h1-9,16,18,24H,10-15H2,(H,23,26). The Bertz CT molecular complexity index is 863. The molecule has 1 aliphatic heterocycles. The molecule has 2 heterocycles. The van der Waals surface area contributed by atoms with Crippen molar-refractivity contribution in [3.63, 3.8) is 0 Å². The van der Waals surface area contributed by atoms with Gasteiger partial charge in [0.1, 0.15) is 0 Å². The average Bonchev–Trinajstić information content (AvgIpc) is 3.12. The Morgan fingerprint density at radius 3 is 2.58 bits per heavy atom. The minimum absolute atomic E-state index is 0.0661. The van der Waals surface area contributed by atoms with Gasteiger partial charge in [0, 0.05) is 36.7 Å². The van der Waals surface area contributed by atoms with Gasteiger partial charge in [0.2, 0.25) is 0 Å². The zero-order chi connectivity index (χ0) is 17.8. The third-order valence-corrected chi connectivity index (χ3v) is 5.40. The van der Waals surface area contributed by atoms with Gasteiger partial charge < -0.3 is 15.2 Å². The Kier molecular flexibility index (Phi) is 4.91. The predicted octanol–water partition coefficient (Wildman–Crippen LogP) is 4.30. The fraction of sp³-hybridized carbons (Fsp3) is 0.318. The Balaban J connectivity index is 1.26. The summed E-state index contributed by atoms with van der Waals surface area (Å²) in [5.74, 6) is 0.575. The van der Waals surface area contributed by atoms with Crippen LogP contribution in [0.15, 0.2) is 60.8 Å². The number of hydrogen-bond donors (Lipinski definition) is 2. The number of amides is 2. The summed E-state index contributed by atoms with van der Waals surface area (Å²) in [7, 11) is 0. The van der Waals surface area contributed by atoms with Crippen LogP contribution in [0.1, 0.15) is 29.9 Å². The monoisotopic (exact) mass is 347 g/mol. The number of H-pyrrole nitrogens is 1. The van der Waals surface area contributed by atoms with Crippen LogP contribution in [0.2, 0.25) is 0 Å². The van der Waals surface area contributed by atoms with E-state index in [4.69, 9.17) is 0 Å². The summed E-state index contributed by atoms with van der Waals surface area (Å²) in [5, 5.41) is 4.32. The van der Waals surface area contributed by atoms with E-state index in [1.807, 2.05) is 17.2 Å². The van der Waals surface area contributed by atoms with Gasteiger partial charge in [-0.05, 0) is 42.4 Å². The van der Waals surface area contributed by atoms with E-state index in [-0.39, 0.29) is 6.03 Å². The van der Waals surface area contributed by atoms with Gasteiger partial charge >= 0.3 is 6.03 Å². The summed E-state index contributed by atoms with van der Waals surface area (Å²) < 4.78 is 0. The molecule has 4 heteroatoms. The van der Waals surface area contributed by atoms with Gasteiger partial charge in [-0.2, -0.15) is 0 Å². The number of carbonyl (C=O) groups excluding carboxylic acids is 1. The molecule has 1 aliphatic rings. The maximum atomic E-state index is 12.4. The lowest BCUT2D eigenvalue weighted by atomic mass is 9.90. The number of aromatic amines is 1. The normalized spacial score (nSPS) is 15.3. The molecule has 2 amide bonds. The first-order valence-corrected chi connectivity index (χ1v) is 9.44. The number of nitrogens with zero attached hydrogens (tertiary/aromatic N) is 1. The molecule has 2 N–H and O–H groups in total. The molecule has 134 valence electrons. The van der Waals surface area contributed by atoms with Crippen molar-refractivity contribution in [2.45, 2.75) is 25.2 Å². The second-order valence-electron chi connectivity index (χ2n) is 7.01. The number of nitrogens with one attached hydrogen (secondary N) is 2. The molecule has 4 nitrogen and oxygen atoms in total. The fourth-order valence-electron chi connectivity index (χ4n) is 3.90. The van der Waals surface area contributed by atoms with Crippen LogP contribution in [0.4, 0.5) is 4.79 Å². The molecule has 0 unspecified atom stereocenters. The maximum Gasteiger partial charge on any atom is 0.317 e. The zero-order valence-corrected chi connectivity index (χ0v) is 14.9. The number of likely N-dealkylation sites (tertiary alicyclic amines) is 1. The van der Waals surface area contributed by atoms with Gasteiger partial charge in [-0.1, -0.05) is 48.5 Å². The zero-order valence-electron chi connectivity index (χ0n) is 14.9. The third-order valence-electron chi connectivity index (χ3n) is 5.40. The van der Waals surface area contributed by atoms with Crippen LogP contribution in [0, 0.1) is 0 Å². The lowest BCUT2D eigenvalue weighted by Crippen LogP contribution is -2.44. The second kappa shape index (κ2) is 7.65. The predicted molar refractivity (Wildman–Crippen MR) is 105 cm³/mol. The average molecular weight is 347 g/mol. The topological polar surface area (TPSA) is 48.1 Å². The Morgan fingerprint density at radius 1 is 1.04 bits per heavy atom. The van der Waals surface area contributed by atoms with E-state index in [0.29, 0.717) is 12.5 Å².